The van der Waals surface area contributed by atoms with Gasteiger partial charge in [0.2, 0.25) is 11.8 Å². The van der Waals surface area contributed by atoms with E-state index in [0.29, 0.717) is 6.07 Å². The summed E-state index contributed by atoms with van der Waals surface area (Å²) in [6.45, 7) is 0. The molecule has 0 saturated heterocycles. The molecule has 0 saturated carbocycles. The highest BCUT2D eigenvalue weighted by atomic mass is 35.5. The summed E-state index contributed by atoms with van der Waals surface area (Å²) in [7, 11) is -4.08. The molecule has 0 bridgehead atoms. The van der Waals surface area contributed by atoms with Crippen LogP contribution in [-0.2, 0) is 16.2 Å². The molecule has 2 aliphatic rings. The Morgan fingerprint density at radius 2 is 1.82 bits per heavy atom. The van der Waals surface area contributed by atoms with Crippen LogP contribution in [0.4, 0.5) is 27.6 Å². The van der Waals surface area contributed by atoms with Gasteiger partial charge in [0.1, 0.15) is 23.1 Å². The fourth-order valence-corrected chi connectivity index (χ4v) is 5.52. The molecule has 2 amide bonds. The summed E-state index contributed by atoms with van der Waals surface area (Å²) in [6, 6.07) is 3.37. The third-order valence-corrected chi connectivity index (χ3v) is 7.26. The number of hydrogen-bond acceptors (Lipinski definition) is 5. The summed E-state index contributed by atoms with van der Waals surface area (Å²) in [6.07, 6.45) is -5.03. The number of primary amides is 1. The van der Waals surface area contributed by atoms with Crippen LogP contribution in [0.3, 0.4) is 0 Å². The summed E-state index contributed by atoms with van der Waals surface area (Å²) in [5, 5.41) is 2.45. The molecule has 3 aromatic rings. The molecule has 2 aliphatic heterocycles. The Bertz CT molecular complexity index is 1680. The van der Waals surface area contributed by atoms with E-state index in [9.17, 15) is 35.6 Å². The second-order valence-electron chi connectivity index (χ2n) is 8.38. The minimum Gasteiger partial charge on any atom is -0.474 e. The predicted octanol–water partition coefficient (Wildman–Crippen LogP) is 4.33. The lowest BCUT2D eigenvalue weighted by Crippen LogP contribution is -2.27. The molecule has 38 heavy (non-hydrogen) atoms. The first kappa shape index (κ1) is 25.7. The number of fused-ring (bicyclic) bond motifs is 3. The van der Waals surface area contributed by atoms with Crippen LogP contribution in [0, 0.1) is 11.6 Å². The number of nitrogens with two attached hydrogens (primary N) is 1. The maximum atomic E-state index is 15.4. The second-order valence-corrected chi connectivity index (χ2v) is 10.5. The number of nitrogens with one attached hydrogen (secondary N) is 2. The van der Waals surface area contributed by atoms with E-state index in [0.717, 1.165) is 18.2 Å². The Hall–Kier alpha value is -3.91. The molecule has 5 rings (SSSR count). The first-order valence-corrected chi connectivity index (χ1v) is 12.5. The van der Waals surface area contributed by atoms with Gasteiger partial charge in [0.15, 0.2) is 0 Å². The average Bonchev–Trinajstić information content (AvgIpc) is 3.16. The minimum atomic E-state index is -5.03. The molecule has 15 heteroatoms. The fourth-order valence-electron chi connectivity index (χ4n) is 4.44. The number of carbonyl (C=O) groups is 2. The van der Waals surface area contributed by atoms with Crippen LogP contribution in [0.2, 0.25) is 5.02 Å². The van der Waals surface area contributed by atoms with Crippen molar-refractivity contribution in [1.82, 2.24) is 5.32 Å². The van der Waals surface area contributed by atoms with Gasteiger partial charge in [-0.2, -0.15) is 13.2 Å². The molecule has 0 spiro atoms. The van der Waals surface area contributed by atoms with Gasteiger partial charge in [0.05, 0.1) is 22.7 Å². The van der Waals surface area contributed by atoms with E-state index in [1.165, 1.54) is 6.07 Å². The van der Waals surface area contributed by atoms with Crippen molar-refractivity contribution in [1.29, 1.82) is 0 Å². The van der Waals surface area contributed by atoms with E-state index in [1.807, 2.05) is 0 Å². The van der Waals surface area contributed by atoms with Gasteiger partial charge in [-0.05, 0) is 42.0 Å². The Morgan fingerprint density at radius 1 is 1.11 bits per heavy atom. The molecule has 4 N–H and O–H groups in total. The van der Waals surface area contributed by atoms with Crippen molar-refractivity contribution in [2.24, 2.45) is 5.73 Å². The van der Waals surface area contributed by atoms with Crippen molar-refractivity contribution in [2.75, 3.05) is 10.7 Å². The average molecular weight is 574 g/mol. The maximum Gasteiger partial charge on any atom is 0.416 e. The van der Waals surface area contributed by atoms with Crippen LogP contribution in [0.5, 0.6) is 5.75 Å². The molecule has 0 fully saturated rings. The number of benzene rings is 3. The zero-order valence-corrected chi connectivity index (χ0v) is 20.1. The number of hydrogen-bond donors (Lipinski definition) is 3. The van der Waals surface area contributed by atoms with Crippen molar-refractivity contribution in [3.8, 4) is 16.9 Å². The van der Waals surface area contributed by atoms with Gasteiger partial charge in [-0.15, -0.1) is 0 Å². The van der Waals surface area contributed by atoms with Gasteiger partial charge >= 0.3 is 6.18 Å². The molecule has 3 aromatic carbocycles. The van der Waals surface area contributed by atoms with E-state index in [2.05, 4.69) is 10.0 Å². The first-order valence-electron chi connectivity index (χ1n) is 10.5. The van der Waals surface area contributed by atoms with E-state index in [1.54, 1.807) is 0 Å². The predicted molar refractivity (Wildman–Crippen MR) is 124 cm³/mol. The molecule has 0 radical (unpaired) electrons. The van der Waals surface area contributed by atoms with Crippen LogP contribution >= 0.6 is 11.6 Å². The van der Waals surface area contributed by atoms with E-state index < -0.39 is 68.3 Å². The number of sulfonamides is 1. The maximum absolute atomic E-state index is 15.4. The third-order valence-electron chi connectivity index (χ3n) is 5.97. The van der Waals surface area contributed by atoms with Gasteiger partial charge in [0.25, 0.3) is 15.9 Å². The number of ether oxygens (including phenoxy) is 1. The summed E-state index contributed by atoms with van der Waals surface area (Å²) in [4.78, 5) is 25.4. The van der Waals surface area contributed by atoms with Gasteiger partial charge < -0.3 is 15.8 Å². The highest BCUT2D eigenvalue weighted by Gasteiger charge is 2.42. The lowest BCUT2D eigenvalue weighted by atomic mass is 9.86. The monoisotopic (exact) mass is 573 g/mol. The molecule has 1 unspecified atom stereocenters. The number of rotatable bonds is 3. The second kappa shape index (κ2) is 8.56. The van der Waals surface area contributed by atoms with Crippen LogP contribution in [0.1, 0.15) is 43.4 Å². The number of amides is 2. The lowest BCUT2D eigenvalue weighted by molar-refractivity contribution is -0.137. The summed E-state index contributed by atoms with van der Waals surface area (Å²) in [5.74, 6) is -5.79. The molecule has 0 aliphatic carbocycles. The molecule has 0 aromatic heterocycles. The third kappa shape index (κ3) is 4.19. The number of alkyl halides is 3. The van der Waals surface area contributed by atoms with Crippen LogP contribution in [0.25, 0.3) is 11.1 Å². The van der Waals surface area contributed by atoms with Crippen molar-refractivity contribution >= 4 is 39.1 Å². The van der Waals surface area contributed by atoms with Gasteiger partial charge in [-0.1, -0.05) is 11.6 Å². The zero-order valence-electron chi connectivity index (χ0n) is 18.5. The Kier molecular flexibility index (Phi) is 5.80. The van der Waals surface area contributed by atoms with Crippen LogP contribution in [-0.4, -0.2) is 26.2 Å². The van der Waals surface area contributed by atoms with Crippen molar-refractivity contribution in [3.63, 3.8) is 0 Å². The molecule has 8 nitrogen and oxygen atoms in total. The standard InChI is InChI=1S/C23H13ClF5N3O5S/c24-13-2-1-9(25)5-10(13)19-17-11(16-12(21(30)33)3-8(4-14(16)26)23(27,28)29)6-15-20(18(17)22(34)31-19)32-38(35,36)7-37-15/h1-6,19,32H,7H2,(H2,30,33)(H,31,34). The topological polar surface area (TPSA) is 128 Å². The SMILES string of the molecule is NC(=O)c1cc(C(F)(F)F)cc(F)c1-c1cc2c(c3c1C(c1cc(F)ccc1Cl)NC3=O)NS(=O)(=O)CO2. The molecular formula is C23H13ClF5N3O5S. The number of anilines is 1. The summed E-state index contributed by atoms with van der Waals surface area (Å²) >= 11 is 6.23. The van der Waals surface area contributed by atoms with Crippen LogP contribution in [0.15, 0.2) is 36.4 Å². The summed E-state index contributed by atoms with van der Waals surface area (Å²) in [5.41, 5.74) is 0.947. The van der Waals surface area contributed by atoms with Crippen molar-refractivity contribution < 1.29 is 44.7 Å². The Morgan fingerprint density at radius 3 is 2.47 bits per heavy atom. The smallest absolute Gasteiger partial charge is 0.416 e. The van der Waals surface area contributed by atoms with Gasteiger partial charge in [-0.25, -0.2) is 17.2 Å². The van der Waals surface area contributed by atoms with Crippen molar-refractivity contribution in [3.05, 3.63) is 80.9 Å². The van der Waals surface area contributed by atoms with Crippen molar-refractivity contribution in [2.45, 2.75) is 12.2 Å². The molecule has 1 atom stereocenters. The zero-order chi connectivity index (χ0) is 27.7. The molecule has 198 valence electrons. The van der Waals surface area contributed by atoms with Crippen LogP contribution < -0.4 is 20.5 Å². The van der Waals surface area contributed by atoms with E-state index in [4.69, 9.17) is 22.1 Å². The normalized spacial score (nSPS) is 17.6. The molecular weight excluding hydrogens is 561 g/mol. The lowest BCUT2D eigenvalue weighted by Gasteiger charge is -2.25. The number of halogens is 6. The van der Waals surface area contributed by atoms with E-state index in [-0.39, 0.29) is 44.8 Å². The van der Waals surface area contributed by atoms with Gasteiger partial charge in [-0.3, -0.25) is 14.3 Å². The highest BCUT2D eigenvalue weighted by Crippen LogP contribution is 2.50. The Balaban J connectivity index is 1.90. The van der Waals surface area contributed by atoms with E-state index >= 15 is 4.39 Å². The Labute approximate surface area is 215 Å². The fraction of sp³-hybridized carbons (Fsp3) is 0.130. The quantitative estimate of drug-likeness (QED) is 0.402. The number of carbonyl (C=O) groups excluding carboxylic acids is 2. The largest absolute Gasteiger partial charge is 0.474 e. The highest BCUT2D eigenvalue weighted by molar-refractivity contribution is 7.92. The first-order chi connectivity index (χ1) is 17.7. The van der Waals surface area contributed by atoms with Gasteiger partial charge in [0, 0.05) is 21.7 Å². The minimum absolute atomic E-state index is 0.0347. The molecule has 2 heterocycles. The summed E-state index contributed by atoms with van der Waals surface area (Å²) < 4.78 is 101.